The molecule has 0 unspecified atom stereocenters. The van der Waals surface area contributed by atoms with E-state index in [-0.39, 0.29) is 12.1 Å². The number of ether oxygens (including phenoxy) is 1. The van der Waals surface area contributed by atoms with Crippen molar-refractivity contribution in [2.75, 3.05) is 12.4 Å². The number of nitrogens with one attached hydrogen (secondary N) is 2. The van der Waals surface area contributed by atoms with Crippen molar-refractivity contribution >= 4 is 27.6 Å². The van der Waals surface area contributed by atoms with E-state index in [0.29, 0.717) is 23.8 Å². The molecule has 2 amide bonds. The van der Waals surface area contributed by atoms with Gasteiger partial charge in [-0.25, -0.2) is 4.79 Å². The fourth-order valence-electron chi connectivity index (χ4n) is 2.46. The monoisotopic (exact) mass is 430 g/mol. The van der Waals surface area contributed by atoms with Crippen LogP contribution in [0.25, 0.3) is 11.5 Å². The highest BCUT2D eigenvalue weighted by Crippen LogP contribution is 2.23. The van der Waals surface area contributed by atoms with E-state index in [2.05, 4.69) is 36.7 Å². The van der Waals surface area contributed by atoms with Gasteiger partial charge in [-0.2, -0.15) is 4.98 Å². The summed E-state index contributed by atoms with van der Waals surface area (Å²) in [4.78, 5) is 16.7. The Morgan fingerprint density at radius 1 is 1.26 bits per heavy atom. The maximum absolute atomic E-state index is 12.3. The molecule has 0 saturated carbocycles. The van der Waals surface area contributed by atoms with E-state index in [1.807, 2.05) is 31.2 Å². The van der Waals surface area contributed by atoms with Gasteiger partial charge in [-0.05, 0) is 48.9 Å². The summed E-state index contributed by atoms with van der Waals surface area (Å²) in [5, 5.41) is 9.65. The quantitative estimate of drug-likeness (QED) is 0.587. The van der Waals surface area contributed by atoms with Crippen molar-refractivity contribution in [2.24, 2.45) is 0 Å². The summed E-state index contributed by atoms with van der Waals surface area (Å²) >= 11 is 3.42. The molecule has 2 aromatic carbocycles. The van der Waals surface area contributed by atoms with Gasteiger partial charge >= 0.3 is 6.03 Å². The summed E-state index contributed by atoms with van der Waals surface area (Å²) in [5.74, 6) is 1.55. The number of nitrogens with zero attached hydrogens (tertiary/aromatic N) is 2. The Kier molecular flexibility index (Phi) is 6.08. The minimum atomic E-state index is -0.368. The maximum Gasteiger partial charge on any atom is 0.319 e. The van der Waals surface area contributed by atoms with Crippen LogP contribution in [0.5, 0.6) is 5.75 Å². The van der Waals surface area contributed by atoms with E-state index < -0.39 is 0 Å². The van der Waals surface area contributed by atoms with Crippen LogP contribution in [0, 0.1) is 0 Å². The van der Waals surface area contributed by atoms with E-state index in [1.54, 1.807) is 31.4 Å². The van der Waals surface area contributed by atoms with Gasteiger partial charge in [0.05, 0.1) is 13.2 Å². The Morgan fingerprint density at radius 3 is 2.70 bits per heavy atom. The van der Waals surface area contributed by atoms with E-state index in [4.69, 9.17) is 9.26 Å². The lowest BCUT2D eigenvalue weighted by molar-refractivity contribution is 0.247. The number of benzene rings is 2. The SMILES string of the molecule is CC[C@@H](NC(=O)Nc1ccc(OC)cc1)c1noc(-c2cccc(Br)c2)n1. The molecule has 8 heteroatoms. The Hall–Kier alpha value is -2.87. The zero-order valence-electron chi connectivity index (χ0n) is 14.9. The molecule has 0 saturated heterocycles. The second-order valence-corrected chi connectivity index (χ2v) is 6.67. The summed E-state index contributed by atoms with van der Waals surface area (Å²) in [6.07, 6.45) is 0.619. The first-order valence-corrected chi connectivity index (χ1v) is 9.19. The summed E-state index contributed by atoms with van der Waals surface area (Å²) in [5.41, 5.74) is 1.46. The molecule has 140 valence electrons. The molecule has 3 aromatic rings. The Labute approximate surface area is 165 Å². The van der Waals surface area contributed by atoms with Crippen LogP contribution in [0.4, 0.5) is 10.5 Å². The van der Waals surface area contributed by atoms with Crippen LogP contribution in [0.15, 0.2) is 57.5 Å². The molecule has 0 radical (unpaired) electrons. The van der Waals surface area contributed by atoms with E-state index in [9.17, 15) is 4.79 Å². The maximum atomic E-state index is 12.3. The topological polar surface area (TPSA) is 89.3 Å². The lowest BCUT2D eigenvalue weighted by atomic mass is 10.2. The molecule has 0 bridgehead atoms. The predicted octanol–water partition coefficient (Wildman–Crippen LogP) is 4.78. The van der Waals surface area contributed by atoms with E-state index >= 15 is 0 Å². The zero-order chi connectivity index (χ0) is 19.2. The Bertz CT molecular complexity index is 911. The van der Waals surface area contributed by atoms with Gasteiger partial charge in [0.25, 0.3) is 5.89 Å². The predicted molar refractivity (Wildman–Crippen MR) is 106 cm³/mol. The third-order valence-electron chi connectivity index (χ3n) is 3.89. The van der Waals surface area contributed by atoms with Gasteiger partial charge in [0.15, 0.2) is 5.82 Å². The fourth-order valence-corrected chi connectivity index (χ4v) is 2.86. The summed E-state index contributed by atoms with van der Waals surface area (Å²) in [6, 6.07) is 13.9. The molecule has 3 rings (SSSR count). The molecule has 2 N–H and O–H groups in total. The van der Waals surface area contributed by atoms with Gasteiger partial charge in [0.2, 0.25) is 0 Å². The zero-order valence-corrected chi connectivity index (χ0v) is 16.5. The van der Waals surface area contributed by atoms with Gasteiger partial charge in [-0.15, -0.1) is 0 Å². The molecule has 27 heavy (non-hydrogen) atoms. The van der Waals surface area contributed by atoms with Crippen LogP contribution in [0.1, 0.15) is 25.2 Å². The number of rotatable bonds is 6. The summed E-state index contributed by atoms with van der Waals surface area (Å²) in [7, 11) is 1.59. The number of anilines is 1. The Morgan fingerprint density at radius 2 is 2.04 bits per heavy atom. The second kappa shape index (κ2) is 8.68. The molecule has 1 heterocycles. The van der Waals surface area contributed by atoms with Crippen molar-refractivity contribution in [3.8, 4) is 17.2 Å². The van der Waals surface area contributed by atoms with Gasteiger partial charge in [0.1, 0.15) is 5.75 Å². The largest absolute Gasteiger partial charge is 0.497 e. The van der Waals surface area contributed by atoms with Crippen LogP contribution < -0.4 is 15.4 Å². The van der Waals surface area contributed by atoms with Crippen molar-refractivity contribution in [3.05, 3.63) is 58.8 Å². The molecule has 1 aromatic heterocycles. The number of carbonyl (C=O) groups is 1. The highest BCUT2D eigenvalue weighted by molar-refractivity contribution is 9.10. The van der Waals surface area contributed by atoms with Gasteiger partial charge in [0, 0.05) is 15.7 Å². The number of carbonyl (C=O) groups excluding carboxylic acids is 1. The van der Waals surface area contributed by atoms with Crippen LogP contribution in [0.3, 0.4) is 0 Å². The van der Waals surface area contributed by atoms with Gasteiger partial charge in [-0.3, -0.25) is 0 Å². The molecule has 0 aliphatic rings. The highest BCUT2D eigenvalue weighted by Gasteiger charge is 2.19. The van der Waals surface area contributed by atoms with Crippen molar-refractivity contribution < 1.29 is 14.1 Å². The first-order valence-electron chi connectivity index (χ1n) is 8.40. The van der Waals surface area contributed by atoms with E-state index in [1.165, 1.54) is 0 Å². The highest BCUT2D eigenvalue weighted by atomic mass is 79.9. The van der Waals surface area contributed by atoms with Crippen LogP contribution in [0.2, 0.25) is 0 Å². The van der Waals surface area contributed by atoms with Crippen molar-refractivity contribution in [3.63, 3.8) is 0 Å². The summed E-state index contributed by atoms with van der Waals surface area (Å²) < 4.78 is 11.4. The number of halogens is 1. The number of methoxy groups -OCH3 is 1. The van der Waals surface area contributed by atoms with Crippen molar-refractivity contribution in [1.82, 2.24) is 15.5 Å². The standard InChI is InChI=1S/C19H19BrN4O3/c1-3-16(22-19(25)21-14-7-9-15(26-2)10-8-14)17-23-18(27-24-17)12-5-4-6-13(20)11-12/h4-11,16H,3H2,1-2H3,(H2,21,22,25)/t16-/m1/s1. The van der Waals surface area contributed by atoms with E-state index in [0.717, 1.165) is 15.8 Å². The molecule has 1 atom stereocenters. The van der Waals surface area contributed by atoms with Crippen molar-refractivity contribution in [1.29, 1.82) is 0 Å². The number of aromatic nitrogens is 2. The first-order chi connectivity index (χ1) is 13.1. The molecule has 0 aliphatic heterocycles. The average molecular weight is 431 g/mol. The number of hydrogen-bond donors (Lipinski definition) is 2. The Balaban J connectivity index is 1.67. The molecule has 0 fully saturated rings. The normalized spacial score (nSPS) is 11.7. The minimum absolute atomic E-state index is 0.346. The average Bonchev–Trinajstić information content (AvgIpc) is 3.17. The lowest BCUT2D eigenvalue weighted by Gasteiger charge is -2.14. The molecular weight excluding hydrogens is 412 g/mol. The van der Waals surface area contributed by atoms with Gasteiger partial charge < -0.3 is 19.9 Å². The molecule has 0 aliphatic carbocycles. The van der Waals surface area contributed by atoms with Crippen LogP contribution in [-0.4, -0.2) is 23.3 Å². The number of urea groups is 1. The molecular formula is C19H19BrN4O3. The number of amides is 2. The minimum Gasteiger partial charge on any atom is -0.497 e. The van der Waals surface area contributed by atoms with Crippen LogP contribution in [-0.2, 0) is 0 Å². The smallest absolute Gasteiger partial charge is 0.319 e. The van der Waals surface area contributed by atoms with Gasteiger partial charge in [-0.1, -0.05) is 34.1 Å². The summed E-state index contributed by atoms with van der Waals surface area (Å²) in [6.45, 7) is 1.94. The van der Waals surface area contributed by atoms with Crippen LogP contribution >= 0.6 is 15.9 Å². The third-order valence-corrected chi connectivity index (χ3v) is 4.38. The lowest BCUT2D eigenvalue weighted by Crippen LogP contribution is -2.32. The van der Waals surface area contributed by atoms with Crippen molar-refractivity contribution in [2.45, 2.75) is 19.4 Å². The molecule has 7 nitrogen and oxygen atoms in total. The number of hydrogen-bond acceptors (Lipinski definition) is 5. The molecule has 0 spiro atoms. The first kappa shape index (κ1) is 18.9. The fraction of sp³-hybridized carbons (Fsp3) is 0.211. The second-order valence-electron chi connectivity index (χ2n) is 5.76. The third kappa shape index (κ3) is 4.85.